The molecule has 0 aromatic carbocycles. The standard InChI is InChI=1S/C17H33NO3/c1-8-10-11-13(9-2)15(19)18-14(12(3)4)16(20)21-17(5,6)7/h12-14H,8-11H2,1-7H3,(H,18,19)/t13?,14-/m1/s1. The highest BCUT2D eigenvalue weighted by Gasteiger charge is 2.30. The van der Waals surface area contributed by atoms with Gasteiger partial charge in [-0.25, -0.2) is 4.79 Å². The number of hydrogen-bond donors (Lipinski definition) is 1. The molecule has 4 heteroatoms. The van der Waals surface area contributed by atoms with Crippen molar-refractivity contribution in [3.63, 3.8) is 0 Å². The molecule has 0 aliphatic carbocycles. The summed E-state index contributed by atoms with van der Waals surface area (Å²) in [5.41, 5.74) is -0.540. The Morgan fingerprint density at radius 3 is 2.10 bits per heavy atom. The van der Waals surface area contributed by atoms with Crippen LogP contribution in [-0.4, -0.2) is 23.5 Å². The fourth-order valence-electron chi connectivity index (χ4n) is 2.11. The quantitative estimate of drug-likeness (QED) is 0.695. The number of amides is 1. The van der Waals surface area contributed by atoms with Gasteiger partial charge in [-0.3, -0.25) is 4.79 Å². The molecule has 1 amide bonds. The van der Waals surface area contributed by atoms with Crippen molar-refractivity contribution < 1.29 is 14.3 Å². The third-order valence-electron chi connectivity index (χ3n) is 3.39. The Morgan fingerprint density at radius 2 is 1.71 bits per heavy atom. The van der Waals surface area contributed by atoms with Crippen LogP contribution in [0.5, 0.6) is 0 Å². The Bertz CT molecular complexity index is 331. The number of carbonyl (C=O) groups excluding carboxylic acids is 2. The number of rotatable bonds is 8. The molecule has 0 spiro atoms. The van der Waals surface area contributed by atoms with Crippen molar-refractivity contribution in [2.45, 2.75) is 85.8 Å². The zero-order chi connectivity index (χ0) is 16.6. The minimum absolute atomic E-state index is 0.00693. The van der Waals surface area contributed by atoms with Crippen molar-refractivity contribution >= 4 is 11.9 Å². The average Bonchev–Trinajstić information content (AvgIpc) is 2.34. The van der Waals surface area contributed by atoms with E-state index in [2.05, 4.69) is 12.2 Å². The maximum absolute atomic E-state index is 12.3. The highest BCUT2D eigenvalue weighted by atomic mass is 16.6. The number of nitrogens with one attached hydrogen (secondary N) is 1. The minimum atomic E-state index is -0.576. The second-order valence-corrected chi connectivity index (χ2v) is 7.01. The summed E-state index contributed by atoms with van der Waals surface area (Å²) < 4.78 is 5.40. The Labute approximate surface area is 130 Å². The molecule has 0 aromatic heterocycles. The number of ether oxygens (including phenoxy) is 1. The molecular weight excluding hydrogens is 266 g/mol. The Morgan fingerprint density at radius 1 is 1.14 bits per heavy atom. The molecule has 4 nitrogen and oxygen atoms in total. The van der Waals surface area contributed by atoms with Crippen molar-refractivity contribution in [3.8, 4) is 0 Å². The molecule has 0 fully saturated rings. The van der Waals surface area contributed by atoms with Crippen molar-refractivity contribution in [2.24, 2.45) is 11.8 Å². The number of carbonyl (C=O) groups is 2. The predicted octanol–water partition coefficient (Wildman–Crippen LogP) is 3.69. The van der Waals surface area contributed by atoms with Gasteiger partial charge in [0.1, 0.15) is 11.6 Å². The third-order valence-corrected chi connectivity index (χ3v) is 3.39. The molecule has 0 aromatic rings. The van der Waals surface area contributed by atoms with Crippen LogP contribution in [0.15, 0.2) is 0 Å². The molecular formula is C17H33NO3. The van der Waals surface area contributed by atoms with Gasteiger partial charge >= 0.3 is 5.97 Å². The van der Waals surface area contributed by atoms with E-state index < -0.39 is 11.6 Å². The largest absolute Gasteiger partial charge is 0.458 e. The van der Waals surface area contributed by atoms with Crippen molar-refractivity contribution in [3.05, 3.63) is 0 Å². The molecule has 0 radical (unpaired) electrons. The molecule has 0 bridgehead atoms. The maximum Gasteiger partial charge on any atom is 0.329 e. The van der Waals surface area contributed by atoms with E-state index in [4.69, 9.17) is 4.74 Å². The molecule has 1 unspecified atom stereocenters. The van der Waals surface area contributed by atoms with Crippen LogP contribution in [0.2, 0.25) is 0 Å². The van der Waals surface area contributed by atoms with Gasteiger partial charge in [0.2, 0.25) is 5.91 Å². The normalized spacial score (nSPS) is 14.7. The lowest BCUT2D eigenvalue weighted by Gasteiger charge is -2.27. The molecule has 0 saturated carbocycles. The van der Waals surface area contributed by atoms with E-state index in [1.54, 1.807) is 0 Å². The van der Waals surface area contributed by atoms with Crippen LogP contribution in [-0.2, 0) is 14.3 Å². The average molecular weight is 299 g/mol. The van der Waals surface area contributed by atoms with Gasteiger partial charge in [0, 0.05) is 5.92 Å². The van der Waals surface area contributed by atoms with E-state index >= 15 is 0 Å². The first-order valence-corrected chi connectivity index (χ1v) is 8.15. The van der Waals surface area contributed by atoms with Crippen LogP contribution in [0.25, 0.3) is 0 Å². The van der Waals surface area contributed by atoms with E-state index in [1.165, 1.54) is 0 Å². The summed E-state index contributed by atoms with van der Waals surface area (Å²) in [4.78, 5) is 24.6. The van der Waals surface area contributed by atoms with Gasteiger partial charge in [-0.1, -0.05) is 40.5 Å². The topological polar surface area (TPSA) is 55.4 Å². The van der Waals surface area contributed by atoms with Crippen LogP contribution < -0.4 is 5.32 Å². The van der Waals surface area contributed by atoms with Crippen molar-refractivity contribution in [1.82, 2.24) is 5.32 Å². The Balaban J connectivity index is 4.76. The molecule has 0 aliphatic rings. The summed E-state index contributed by atoms with van der Waals surface area (Å²) in [6, 6.07) is -0.576. The number of unbranched alkanes of at least 4 members (excludes halogenated alkanes) is 1. The fraction of sp³-hybridized carbons (Fsp3) is 0.882. The first-order valence-electron chi connectivity index (χ1n) is 8.15. The summed E-state index contributed by atoms with van der Waals surface area (Å²) in [7, 11) is 0. The SMILES string of the molecule is CCCCC(CC)C(=O)N[C@@H](C(=O)OC(C)(C)C)C(C)C. The van der Waals surface area contributed by atoms with E-state index in [1.807, 2.05) is 41.5 Å². The molecule has 124 valence electrons. The zero-order valence-electron chi connectivity index (χ0n) is 14.8. The highest BCUT2D eigenvalue weighted by Crippen LogP contribution is 2.16. The smallest absolute Gasteiger partial charge is 0.329 e. The second-order valence-electron chi connectivity index (χ2n) is 7.01. The third kappa shape index (κ3) is 8.08. The summed E-state index contributed by atoms with van der Waals surface area (Å²) >= 11 is 0. The summed E-state index contributed by atoms with van der Waals surface area (Å²) in [6.07, 6.45) is 3.77. The lowest BCUT2D eigenvalue weighted by Crippen LogP contribution is -2.49. The van der Waals surface area contributed by atoms with Gasteiger partial charge in [-0.05, 0) is 39.5 Å². The van der Waals surface area contributed by atoms with E-state index in [-0.39, 0.29) is 23.7 Å². The van der Waals surface area contributed by atoms with Crippen LogP contribution in [0.1, 0.15) is 74.1 Å². The predicted molar refractivity (Wildman–Crippen MR) is 85.9 cm³/mol. The van der Waals surface area contributed by atoms with Crippen LogP contribution in [0.4, 0.5) is 0 Å². The van der Waals surface area contributed by atoms with E-state index in [9.17, 15) is 9.59 Å². The molecule has 0 aliphatic heterocycles. The molecule has 2 atom stereocenters. The van der Waals surface area contributed by atoms with Gasteiger partial charge < -0.3 is 10.1 Å². The summed E-state index contributed by atoms with van der Waals surface area (Å²) in [5.74, 6) is -0.396. The molecule has 21 heavy (non-hydrogen) atoms. The summed E-state index contributed by atoms with van der Waals surface area (Å²) in [6.45, 7) is 13.5. The fourth-order valence-corrected chi connectivity index (χ4v) is 2.11. The Hall–Kier alpha value is -1.06. The molecule has 1 N–H and O–H groups in total. The van der Waals surface area contributed by atoms with Gasteiger partial charge in [0.25, 0.3) is 0 Å². The van der Waals surface area contributed by atoms with E-state index in [0.717, 1.165) is 25.7 Å². The van der Waals surface area contributed by atoms with Crippen molar-refractivity contribution in [1.29, 1.82) is 0 Å². The Kier molecular flexibility index (Phi) is 8.60. The monoisotopic (exact) mass is 299 g/mol. The minimum Gasteiger partial charge on any atom is -0.458 e. The van der Waals surface area contributed by atoms with E-state index in [0.29, 0.717) is 0 Å². The second kappa shape index (κ2) is 9.06. The van der Waals surface area contributed by atoms with Gasteiger partial charge in [0.15, 0.2) is 0 Å². The number of hydrogen-bond acceptors (Lipinski definition) is 3. The lowest BCUT2D eigenvalue weighted by molar-refractivity contribution is -0.160. The van der Waals surface area contributed by atoms with Gasteiger partial charge in [0.05, 0.1) is 0 Å². The molecule has 0 saturated heterocycles. The highest BCUT2D eigenvalue weighted by molar-refractivity contribution is 5.86. The molecule has 0 heterocycles. The first kappa shape index (κ1) is 19.9. The van der Waals surface area contributed by atoms with Crippen molar-refractivity contribution in [2.75, 3.05) is 0 Å². The molecule has 0 rings (SSSR count). The zero-order valence-corrected chi connectivity index (χ0v) is 14.8. The van der Waals surface area contributed by atoms with Gasteiger partial charge in [-0.15, -0.1) is 0 Å². The maximum atomic E-state index is 12.3. The van der Waals surface area contributed by atoms with Crippen LogP contribution in [0, 0.1) is 11.8 Å². The van der Waals surface area contributed by atoms with Gasteiger partial charge in [-0.2, -0.15) is 0 Å². The summed E-state index contributed by atoms with van der Waals surface area (Å²) in [5, 5.41) is 2.89. The first-order chi connectivity index (χ1) is 9.62. The number of esters is 1. The lowest BCUT2D eigenvalue weighted by atomic mass is 9.96. The van der Waals surface area contributed by atoms with Crippen LogP contribution in [0.3, 0.4) is 0 Å². The van der Waals surface area contributed by atoms with Crippen LogP contribution >= 0.6 is 0 Å².